The lowest BCUT2D eigenvalue weighted by Gasteiger charge is -2.09. The molecule has 0 bridgehead atoms. The van der Waals surface area contributed by atoms with Gasteiger partial charge < -0.3 is 10.4 Å². The molecule has 0 aliphatic heterocycles. The van der Waals surface area contributed by atoms with Crippen molar-refractivity contribution in [2.75, 3.05) is 5.32 Å². The second-order valence-corrected chi connectivity index (χ2v) is 4.14. The minimum atomic E-state index is -1.25. The first-order valence-electron chi connectivity index (χ1n) is 4.71. The zero-order valence-electron chi connectivity index (χ0n) is 8.24. The van der Waals surface area contributed by atoms with Gasteiger partial charge in [-0.15, -0.1) is 0 Å². The number of nitrogens with zero attached hydrogens (tertiary/aromatic N) is 1. The van der Waals surface area contributed by atoms with E-state index in [9.17, 15) is 9.59 Å². The van der Waals surface area contributed by atoms with E-state index in [2.05, 4.69) is 10.3 Å². The topological polar surface area (TPSA) is 79.3 Å². The summed E-state index contributed by atoms with van der Waals surface area (Å²) in [6, 6.07) is 3.10. The van der Waals surface area contributed by atoms with Crippen LogP contribution >= 0.6 is 11.6 Å². The minimum Gasteiger partial charge on any atom is -0.480 e. The van der Waals surface area contributed by atoms with Gasteiger partial charge in [0.15, 0.2) is 0 Å². The lowest BCUT2D eigenvalue weighted by Crippen LogP contribution is -2.31. The van der Waals surface area contributed by atoms with Crippen LogP contribution < -0.4 is 5.32 Å². The maximum atomic E-state index is 11.7. The van der Waals surface area contributed by atoms with Crippen molar-refractivity contribution in [3.05, 3.63) is 23.4 Å². The second-order valence-electron chi connectivity index (χ2n) is 3.70. The van der Waals surface area contributed by atoms with Crippen LogP contribution in [0.15, 0.2) is 18.3 Å². The summed E-state index contributed by atoms with van der Waals surface area (Å²) in [6.07, 6.45) is 2.14. The van der Waals surface area contributed by atoms with Crippen LogP contribution in [0, 0.1) is 5.41 Å². The Morgan fingerprint density at radius 1 is 1.44 bits per heavy atom. The molecule has 0 saturated heterocycles. The summed E-state index contributed by atoms with van der Waals surface area (Å²) < 4.78 is 0. The summed E-state index contributed by atoms with van der Waals surface area (Å²) in [5.41, 5.74) is -1.25. The number of rotatable bonds is 3. The lowest BCUT2D eigenvalue weighted by atomic mass is 10.1. The van der Waals surface area contributed by atoms with Crippen LogP contribution in [0.4, 0.5) is 5.82 Å². The van der Waals surface area contributed by atoms with Crippen molar-refractivity contribution < 1.29 is 14.7 Å². The Morgan fingerprint density at radius 3 is 2.56 bits per heavy atom. The first kappa shape index (κ1) is 10.9. The SMILES string of the molecule is O=C(O)C1(C(=O)Nc2ccc(Cl)cn2)CC1. The molecule has 1 saturated carbocycles. The van der Waals surface area contributed by atoms with Crippen molar-refractivity contribution in [2.24, 2.45) is 5.41 Å². The molecule has 2 N–H and O–H groups in total. The van der Waals surface area contributed by atoms with Gasteiger partial charge in [0.05, 0.1) is 5.02 Å². The molecule has 5 nitrogen and oxygen atoms in total. The number of nitrogens with one attached hydrogen (secondary N) is 1. The fourth-order valence-electron chi connectivity index (χ4n) is 1.35. The molecule has 6 heteroatoms. The van der Waals surface area contributed by atoms with Gasteiger partial charge in [0.1, 0.15) is 11.2 Å². The Labute approximate surface area is 96.4 Å². The van der Waals surface area contributed by atoms with E-state index in [0.29, 0.717) is 23.7 Å². The number of halogens is 1. The number of carbonyl (C=O) groups is 2. The third-order valence-electron chi connectivity index (χ3n) is 2.56. The molecule has 1 heterocycles. The summed E-state index contributed by atoms with van der Waals surface area (Å²) in [5.74, 6) is -1.30. The van der Waals surface area contributed by atoms with E-state index >= 15 is 0 Å². The average Bonchev–Trinajstić information content (AvgIpc) is 3.02. The molecule has 0 radical (unpaired) electrons. The largest absolute Gasteiger partial charge is 0.480 e. The number of carboxylic acid groups (broad SMARTS) is 1. The van der Waals surface area contributed by atoms with Crippen molar-refractivity contribution in [2.45, 2.75) is 12.8 Å². The molecule has 1 aromatic rings. The molecule has 1 fully saturated rings. The van der Waals surface area contributed by atoms with Gasteiger partial charge in [0.25, 0.3) is 0 Å². The second kappa shape index (κ2) is 3.75. The molecule has 1 amide bonds. The summed E-state index contributed by atoms with van der Waals surface area (Å²) in [4.78, 5) is 26.4. The van der Waals surface area contributed by atoms with Gasteiger partial charge in [-0.2, -0.15) is 0 Å². The predicted molar refractivity (Wildman–Crippen MR) is 57.2 cm³/mol. The van der Waals surface area contributed by atoms with Crippen LogP contribution in [0.5, 0.6) is 0 Å². The summed E-state index contributed by atoms with van der Waals surface area (Å²) >= 11 is 5.63. The summed E-state index contributed by atoms with van der Waals surface area (Å²) in [7, 11) is 0. The number of aliphatic carboxylic acids is 1. The Morgan fingerprint density at radius 2 is 2.12 bits per heavy atom. The molecule has 16 heavy (non-hydrogen) atoms. The number of aromatic nitrogens is 1. The molecule has 0 unspecified atom stereocenters. The highest BCUT2D eigenvalue weighted by Crippen LogP contribution is 2.46. The van der Waals surface area contributed by atoms with Crippen LogP contribution in [0.1, 0.15) is 12.8 Å². The monoisotopic (exact) mass is 240 g/mol. The van der Waals surface area contributed by atoms with E-state index in [1.54, 1.807) is 6.07 Å². The van der Waals surface area contributed by atoms with Gasteiger partial charge in [-0.3, -0.25) is 9.59 Å². The molecule has 1 aliphatic carbocycles. The van der Waals surface area contributed by atoms with Gasteiger partial charge in [-0.1, -0.05) is 11.6 Å². The zero-order chi connectivity index (χ0) is 11.8. The van der Waals surface area contributed by atoms with Crippen LogP contribution in [-0.2, 0) is 9.59 Å². The van der Waals surface area contributed by atoms with E-state index in [-0.39, 0.29) is 0 Å². The third-order valence-corrected chi connectivity index (χ3v) is 2.79. The van der Waals surface area contributed by atoms with Crippen molar-refractivity contribution in [1.82, 2.24) is 4.98 Å². The molecule has 0 aromatic carbocycles. The van der Waals surface area contributed by atoms with Crippen LogP contribution in [-0.4, -0.2) is 22.0 Å². The summed E-state index contributed by atoms with van der Waals surface area (Å²) in [6.45, 7) is 0. The molecule has 0 spiro atoms. The highest BCUT2D eigenvalue weighted by Gasteiger charge is 2.57. The number of hydrogen-bond donors (Lipinski definition) is 2. The maximum Gasteiger partial charge on any atom is 0.319 e. The molecule has 84 valence electrons. The normalized spacial score (nSPS) is 16.6. The Bertz CT molecular complexity index is 440. The van der Waals surface area contributed by atoms with Gasteiger partial charge in [0, 0.05) is 6.20 Å². The Balaban J connectivity index is 2.08. The standard InChI is InChI=1S/C10H9ClN2O3/c11-6-1-2-7(12-5-6)13-8(14)10(3-4-10)9(15)16/h1-2,5H,3-4H2,(H,15,16)(H,12,13,14). The van der Waals surface area contributed by atoms with Crippen molar-refractivity contribution in [1.29, 1.82) is 0 Å². The van der Waals surface area contributed by atoms with Gasteiger partial charge >= 0.3 is 5.97 Å². The van der Waals surface area contributed by atoms with E-state index in [1.165, 1.54) is 12.3 Å². The molecular weight excluding hydrogens is 232 g/mol. The van der Waals surface area contributed by atoms with Crippen molar-refractivity contribution in [3.8, 4) is 0 Å². The molecule has 0 atom stereocenters. The molecule has 1 aromatic heterocycles. The van der Waals surface area contributed by atoms with Gasteiger partial charge in [-0.25, -0.2) is 4.98 Å². The van der Waals surface area contributed by atoms with Crippen molar-refractivity contribution >= 4 is 29.3 Å². The average molecular weight is 241 g/mol. The fourth-order valence-corrected chi connectivity index (χ4v) is 1.46. The van der Waals surface area contributed by atoms with E-state index in [4.69, 9.17) is 16.7 Å². The van der Waals surface area contributed by atoms with Crippen molar-refractivity contribution in [3.63, 3.8) is 0 Å². The number of anilines is 1. The highest BCUT2D eigenvalue weighted by molar-refractivity contribution is 6.30. The third kappa shape index (κ3) is 1.86. The maximum absolute atomic E-state index is 11.7. The quantitative estimate of drug-likeness (QED) is 0.786. The van der Waals surface area contributed by atoms with E-state index in [0.717, 1.165) is 0 Å². The predicted octanol–water partition coefficient (Wildman–Crippen LogP) is 1.54. The molecule has 2 rings (SSSR count). The number of carbonyl (C=O) groups excluding carboxylic acids is 1. The zero-order valence-corrected chi connectivity index (χ0v) is 8.99. The summed E-state index contributed by atoms with van der Waals surface area (Å²) in [5, 5.41) is 11.8. The first-order valence-corrected chi connectivity index (χ1v) is 5.09. The Hall–Kier alpha value is -1.62. The number of carboxylic acids is 1. The first-order chi connectivity index (χ1) is 7.54. The van der Waals surface area contributed by atoms with Gasteiger partial charge in [0.2, 0.25) is 5.91 Å². The van der Waals surface area contributed by atoms with E-state index < -0.39 is 17.3 Å². The van der Waals surface area contributed by atoms with Gasteiger partial charge in [-0.05, 0) is 25.0 Å². The lowest BCUT2D eigenvalue weighted by molar-refractivity contribution is -0.147. The van der Waals surface area contributed by atoms with Crippen LogP contribution in [0.2, 0.25) is 5.02 Å². The highest BCUT2D eigenvalue weighted by atomic mass is 35.5. The number of amides is 1. The fraction of sp³-hybridized carbons (Fsp3) is 0.300. The number of pyridine rings is 1. The number of hydrogen-bond acceptors (Lipinski definition) is 3. The Kier molecular flexibility index (Phi) is 2.55. The van der Waals surface area contributed by atoms with E-state index in [1.807, 2.05) is 0 Å². The van der Waals surface area contributed by atoms with Crippen LogP contribution in [0.3, 0.4) is 0 Å². The molecule has 1 aliphatic rings. The minimum absolute atomic E-state index is 0.307. The van der Waals surface area contributed by atoms with Crippen LogP contribution in [0.25, 0.3) is 0 Å². The smallest absolute Gasteiger partial charge is 0.319 e. The molecular formula is C10H9ClN2O3.